The van der Waals surface area contributed by atoms with Crippen LogP contribution in [0.3, 0.4) is 0 Å². The van der Waals surface area contributed by atoms with Crippen molar-refractivity contribution >= 4 is 28.6 Å². The number of methoxy groups -OCH3 is 1. The Morgan fingerprint density at radius 1 is 1.15 bits per heavy atom. The molecule has 7 heteroatoms. The third-order valence-electron chi connectivity index (χ3n) is 4.21. The molecule has 1 aromatic carbocycles. The molecule has 7 nitrogen and oxygen atoms in total. The Morgan fingerprint density at radius 3 is 2.48 bits per heavy atom. The normalized spacial score (nSPS) is 10.6. The SMILES string of the molecule is CCn1cc(C(=O)Nc2ccc(C(=O)OC)cc2)c(=O)c2ccc(C)nc21. The first-order chi connectivity index (χ1) is 12.9. The number of pyridine rings is 2. The first kappa shape index (κ1) is 18.3. The van der Waals surface area contributed by atoms with Crippen LogP contribution in [0.5, 0.6) is 0 Å². The minimum absolute atomic E-state index is 0.0343. The van der Waals surface area contributed by atoms with E-state index in [1.54, 1.807) is 41.0 Å². The van der Waals surface area contributed by atoms with Gasteiger partial charge in [0, 0.05) is 24.1 Å². The summed E-state index contributed by atoms with van der Waals surface area (Å²) in [6.07, 6.45) is 1.52. The molecule has 0 radical (unpaired) electrons. The van der Waals surface area contributed by atoms with Crippen LogP contribution in [0.1, 0.15) is 33.3 Å². The third kappa shape index (κ3) is 3.57. The quantitative estimate of drug-likeness (QED) is 0.718. The second-order valence-corrected chi connectivity index (χ2v) is 6.00. The van der Waals surface area contributed by atoms with E-state index in [0.717, 1.165) is 5.69 Å². The fraction of sp³-hybridized carbons (Fsp3) is 0.200. The summed E-state index contributed by atoms with van der Waals surface area (Å²) in [4.78, 5) is 41.3. The number of amides is 1. The number of ether oxygens (including phenoxy) is 1. The van der Waals surface area contributed by atoms with Crippen molar-refractivity contribution in [1.29, 1.82) is 0 Å². The number of fused-ring (bicyclic) bond motifs is 1. The topological polar surface area (TPSA) is 90.3 Å². The largest absolute Gasteiger partial charge is 0.465 e. The highest BCUT2D eigenvalue weighted by molar-refractivity contribution is 6.05. The highest BCUT2D eigenvalue weighted by atomic mass is 16.5. The minimum Gasteiger partial charge on any atom is -0.465 e. The van der Waals surface area contributed by atoms with Crippen LogP contribution in [-0.2, 0) is 11.3 Å². The number of hydrogen-bond donors (Lipinski definition) is 1. The first-order valence-electron chi connectivity index (χ1n) is 8.45. The van der Waals surface area contributed by atoms with Crippen molar-refractivity contribution in [3.05, 3.63) is 69.6 Å². The van der Waals surface area contributed by atoms with Crippen LogP contribution in [0, 0.1) is 6.92 Å². The molecule has 3 rings (SSSR count). The lowest BCUT2D eigenvalue weighted by Crippen LogP contribution is -2.24. The van der Waals surface area contributed by atoms with E-state index in [0.29, 0.717) is 28.8 Å². The van der Waals surface area contributed by atoms with Gasteiger partial charge in [0.2, 0.25) is 5.43 Å². The van der Waals surface area contributed by atoms with Gasteiger partial charge >= 0.3 is 5.97 Å². The molecule has 0 unspecified atom stereocenters. The van der Waals surface area contributed by atoms with Crippen molar-refractivity contribution in [2.45, 2.75) is 20.4 Å². The number of hydrogen-bond acceptors (Lipinski definition) is 5. The standard InChI is InChI=1S/C20H19N3O4/c1-4-23-11-16(17(24)15-10-5-12(2)21-18(15)23)19(25)22-14-8-6-13(7-9-14)20(26)27-3/h5-11H,4H2,1-3H3,(H,22,25). The summed E-state index contributed by atoms with van der Waals surface area (Å²) < 4.78 is 6.42. The van der Waals surface area contributed by atoms with E-state index in [2.05, 4.69) is 15.0 Å². The number of benzene rings is 1. The molecule has 0 saturated carbocycles. The summed E-state index contributed by atoms with van der Waals surface area (Å²) in [6.45, 7) is 4.34. The molecule has 1 N–H and O–H groups in total. The van der Waals surface area contributed by atoms with E-state index in [-0.39, 0.29) is 11.0 Å². The molecule has 0 spiro atoms. The van der Waals surface area contributed by atoms with Gasteiger partial charge in [-0.3, -0.25) is 9.59 Å². The number of aryl methyl sites for hydroxylation is 2. The van der Waals surface area contributed by atoms with E-state index >= 15 is 0 Å². The molecule has 0 aliphatic heterocycles. The average Bonchev–Trinajstić information content (AvgIpc) is 2.68. The van der Waals surface area contributed by atoms with E-state index in [4.69, 9.17) is 0 Å². The summed E-state index contributed by atoms with van der Waals surface area (Å²) in [5, 5.41) is 3.09. The fourth-order valence-electron chi connectivity index (χ4n) is 2.77. The monoisotopic (exact) mass is 365 g/mol. The molecule has 138 valence electrons. The van der Waals surface area contributed by atoms with Gasteiger partial charge in [-0.15, -0.1) is 0 Å². The van der Waals surface area contributed by atoms with Gasteiger partial charge in [0.15, 0.2) is 0 Å². The molecule has 2 heterocycles. The van der Waals surface area contributed by atoms with Gasteiger partial charge in [-0.1, -0.05) is 0 Å². The maximum Gasteiger partial charge on any atom is 0.337 e. The van der Waals surface area contributed by atoms with Crippen molar-refractivity contribution in [1.82, 2.24) is 9.55 Å². The molecular weight excluding hydrogens is 346 g/mol. The van der Waals surface area contributed by atoms with E-state index in [1.807, 2.05) is 13.8 Å². The van der Waals surface area contributed by atoms with Crippen molar-refractivity contribution in [3.8, 4) is 0 Å². The molecule has 0 atom stereocenters. The number of anilines is 1. The maximum absolute atomic E-state index is 12.7. The first-order valence-corrected chi connectivity index (χ1v) is 8.45. The van der Waals surface area contributed by atoms with Crippen molar-refractivity contribution in [2.24, 2.45) is 0 Å². The van der Waals surface area contributed by atoms with Crippen LogP contribution in [-0.4, -0.2) is 28.5 Å². The highest BCUT2D eigenvalue weighted by Crippen LogP contribution is 2.14. The van der Waals surface area contributed by atoms with E-state index in [9.17, 15) is 14.4 Å². The zero-order chi connectivity index (χ0) is 19.6. The summed E-state index contributed by atoms with van der Waals surface area (Å²) in [5.74, 6) is -0.980. The summed E-state index contributed by atoms with van der Waals surface area (Å²) in [7, 11) is 1.30. The Labute approximate surface area is 155 Å². The molecule has 0 saturated heterocycles. The lowest BCUT2D eigenvalue weighted by atomic mass is 10.1. The molecule has 0 aliphatic rings. The van der Waals surface area contributed by atoms with Crippen LogP contribution in [0.15, 0.2) is 47.4 Å². The molecule has 27 heavy (non-hydrogen) atoms. The summed E-state index contributed by atoms with van der Waals surface area (Å²) in [6, 6.07) is 9.67. The number of rotatable bonds is 4. The summed E-state index contributed by atoms with van der Waals surface area (Å²) >= 11 is 0. The maximum atomic E-state index is 12.7. The third-order valence-corrected chi connectivity index (χ3v) is 4.21. The van der Waals surface area contributed by atoms with Crippen LogP contribution >= 0.6 is 0 Å². The zero-order valence-corrected chi connectivity index (χ0v) is 15.3. The highest BCUT2D eigenvalue weighted by Gasteiger charge is 2.16. The number of aromatic nitrogens is 2. The minimum atomic E-state index is -0.518. The number of nitrogens with one attached hydrogen (secondary N) is 1. The predicted molar refractivity (Wildman–Crippen MR) is 102 cm³/mol. The molecule has 0 aliphatic carbocycles. The fourth-order valence-corrected chi connectivity index (χ4v) is 2.77. The van der Waals surface area contributed by atoms with Crippen molar-refractivity contribution in [3.63, 3.8) is 0 Å². The van der Waals surface area contributed by atoms with Gasteiger partial charge in [0.25, 0.3) is 5.91 Å². The number of nitrogens with zero attached hydrogens (tertiary/aromatic N) is 2. The second-order valence-electron chi connectivity index (χ2n) is 6.00. The van der Waals surface area contributed by atoms with Crippen LogP contribution < -0.4 is 10.7 Å². The zero-order valence-electron chi connectivity index (χ0n) is 15.3. The Kier molecular flexibility index (Phi) is 5.03. The van der Waals surface area contributed by atoms with Crippen molar-refractivity contribution < 1.29 is 14.3 Å². The second kappa shape index (κ2) is 7.41. The van der Waals surface area contributed by atoms with Crippen LogP contribution in [0.2, 0.25) is 0 Å². The molecule has 0 bridgehead atoms. The van der Waals surface area contributed by atoms with Crippen LogP contribution in [0.4, 0.5) is 5.69 Å². The summed E-state index contributed by atoms with van der Waals surface area (Å²) in [5.41, 5.74) is 1.86. The smallest absolute Gasteiger partial charge is 0.337 e. The molecule has 0 fully saturated rings. The van der Waals surface area contributed by atoms with Crippen molar-refractivity contribution in [2.75, 3.05) is 12.4 Å². The van der Waals surface area contributed by atoms with Gasteiger partial charge < -0.3 is 14.6 Å². The Bertz CT molecular complexity index is 1080. The van der Waals surface area contributed by atoms with Gasteiger partial charge in [0.1, 0.15) is 11.2 Å². The Hall–Kier alpha value is -3.48. The Balaban J connectivity index is 1.96. The number of carbonyl (C=O) groups excluding carboxylic acids is 2. The van der Waals surface area contributed by atoms with Gasteiger partial charge in [-0.05, 0) is 50.2 Å². The Morgan fingerprint density at radius 2 is 1.85 bits per heavy atom. The molecule has 3 aromatic rings. The van der Waals surface area contributed by atoms with Crippen LogP contribution in [0.25, 0.3) is 11.0 Å². The van der Waals surface area contributed by atoms with Gasteiger partial charge in [-0.2, -0.15) is 0 Å². The van der Waals surface area contributed by atoms with E-state index < -0.39 is 11.9 Å². The molecule has 2 aromatic heterocycles. The van der Waals surface area contributed by atoms with Gasteiger partial charge in [-0.25, -0.2) is 9.78 Å². The van der Waals surface area contributed by atoms with Gasteiger partial charge in [0.05, 0.1) is 18.1 Å². The number of carbonyl (C=O) groups is 2. The molecule has 1 amide bonds. The average molecular weight is 365 g/mol. The lowest BCUT2D eigenvalue weighted by molar-refractivity contribution is 0.0600. The lowest BCUT2D eigenvalue weighted by Gasteiger charge is -2.11. The predicted octanol–water partition coefficient (Wildman–Crippen LogP) is 2.76. The number of esters is 1. The van der Waals surface area contributed by atoms with E-state index in [1.165, 1.54) is 13.3 Å². The molecular formula is C20H19N3O4.